The van der Waals surface area contributed by atoms with E-state index < -0.39 is 0 Å². The fourth-order valence-corrected chi connectivity index (χ4v) is 5.30. The first-order valence-electron chi connectivity index (χ1n) is 10.5. The van der Waals surface area contributed by atoms with E-state index in [4.69, 9.17) is 4.74 Å². The number of nitrogens with zero attached hydrogens (tertiary/aromatic N) is 2. The Hall–Kier alpha value is -3.05. The van der Waals surface area contributed by atoms with Gasteiger partial charge in [-0.1, -0.05) is 71.9 Å². The lowest BCUT2D eigenvalue weighted by molar-refractivity contribution is -0.127. The number of thioether (sulfide) groups is 1. The van der Waals surface area contributed by atoms with Gasteiger partial charge in [0.15, 0.2) is 5.17 Å². The van der Waals surface area contributed by atoms with Gasteiger partial charge in [0.2, 0.25) is 5.91 Å². The van der Waals surface area contributed by atoms with Crippen molar-refractivity contribution in [3.05, 3.63) is 94.5 Å². The molecule has 0 atom stereocenters. The second-order valence-corrected chi connectivity index (χ2v) is 8.93. The van der Waals surface area contributed by atoms with Gasteiger partial charge in [0, 0.05) is 23.4 Å². The highest BCUT2D eigenvalue weighted by molar-refractivity contribution is 8.13. The minimum absolute atomic E-state index is 0.0629. The first kappa shape index (κ1) is 19.9. The molecule has 0 aliphatic carbocycles. The third-order valence-electron chi connectivity index (χ3n) is 5.86. The number of carbonyl (C=O) groups excluding carboxylic acids is 1. The molecule has 4 nitrogen and oxygen atoms in total. The molecular weight excluding hydrogens is 404 g/mol. The molecule has 0 spiro atoms. The molecule has 3 aromatic carbocycles. The molecule has 0 saturated carbocycles. The van der Waals surface area contributed by atoms with Gasteiger partial charge >= 0.3 is 0 Å². The molecule has 0 saturated heterocycles. The number of aryl methyl sites for hydroxylation is 2. The Labute approximate surface area is 187 Å². The second-order valence-electron chi connectivity index (χ2n) is 7.98. The zero-order chi connectivity index (χ0) is 21.4. The summed E-state index contributed by atoms with van der Waals surface area (Å²) in [6.45, 7) is 5.50. The summed E-state index contributed by atoms with van der Waals surface area (Å²) < 4.78 is 6.07. The van der Waals surface area contributed by atoms with Crippen LogP contribution in [-0.4, -0.2) is 29.1 Å². The van der Waals surface area contributed by atoms with Crippen LogP contribution in [0.4, 0.5) is 0 Å². The molecule has 156 valence electrons. The van der Waals surface area contributed by atoms with E-state index in [0.29, 0.717) is 13.1 Å². The minimum Gasteiger partial charge on any atom is -0.457 e. The summed E-state index contributed by atoms with van der Waals surface area (Å²) in [5.41, 5.74) is 5.63. The largest absolute Gasteiger partial charge is 0.457 e. The smallest absolute Gasteiger partial charge is 0.240 e. The molecule has 2 aliphatic rings. The van der Waals surface area contributed by atoms with E-state index in [9.17, 15) is 4.79 Å². The molecule has 2 aliphatic heterocycles. The number of aliphatic imine (C=N–C) groups is 1. The normalized spacial score (nSPS) is 15.2. The molecule has 31 heavy (non-hydrogen) atoms. The second kappa shape index (κ2) is 8.23. The van der Waals surface area contributed by atoms with E-state index in [1.54, 1.807) is 11.8 Å². The highest BCUT2D eigenvalue weighted by Gasteiger charge is 2.37. The maximum Gasteiger partial charge on any atom is 0.240 e. The molecule has 3 aromatic rings. The van der Waals surface area contributed by atoms with Crippen LogP contribution in [0.25, 0.3) is 0 Å². The summed E-state index contributed by atoms with van der Waals surface area (Å²) in [5.74, 6) is 1.98. The SMILES string of the molecule is Cc1ccc(C)c(CSC2=NCCN2C(=O)C2c3ccccc3Oc3ccccc32)c1. The van der Waals surface area contributed by atoms with Crippen LogP contribution in [0.15, 0.2) is 71.7 Å². The maximum atomic E-state index is 13.8. The highest BCUT2D eigenvalue weighted by Crippen LogP contribution is 2.45. The van der Waals surface area contributed by atoms with E-state index in [0.717, 1.165) is 33.5 Å². The van der Waals surface area contributed by atoms with E-state index in [1.165, 1.54) is 16.7 Å². The Kier molecular flexibility index (Phi) is 5.28. The van der Waals surface area contributed by atoms with Crippen LogP contribution in [0.1, 0.15) is 33.7 Å². The topological polar surface area (TPSA) is 41.9 Å². The zero-order valence-electron chi connectivity index (χ0n) is 17.7. The number of amidine groups is 1. The van der Waals surface area contributed by atoms with E-state index in [-0.39, 0.29) is 11.8 Å². The monoisotopic (exact) mass is 428 g/mol. The van der Waals surface area contributed by atoms with Gasteiger partial charge in [0.05, 0.1) is 12.5 Å². The summed E-state index contributed by atoms with van der Waals surface area (Å²) in [6, 6.07) is 22.2. The fourth-order valence-electron chi connectivity index (χ4n) is 4.18. The number of hydrogen-bond donors (Lipinski definition) is 0. The average molecular weight is 429 g/mol. The number of benzene rings is 3. The van der Waals surface area contributed by atoms with Gasteiger partial charge < -0.3 is 4.74 Å². The van der Waals surface area contributed by atoms with Gasteiger partial charge in [-0.25, -0.2) is 0 Å². The van der Waals surface area contributed by atoms with Crippen molar-refractivity contribution in [2.75, 3.05) is 13.1 Å². The number of para-hydroxylation sites is 2. The van der Waals surface area contributed by atoms with Crippen molar-refractivity contribution in [3.63, 3.8) is 0 Å². The predicted molar refractivity (Wildman–Crippen MR) is 126 cm³/mol. The lowest BCUT2D eigenvalue weighted by Gasteiger charge is -2.30. The molecule has 5 heteroatoms. The van der Waals surface area contributed by atoms with Crippen molar-refractivity contribution in [3.8, 4) is 11.5 Å². The van der Waals surface area contributed by atoms with Gasteiger partial charge in [-0.3, -0.25) is 14.7 Å². The Balaban J connectivity index is 1.42. The number of carbonyl (C=O) groups is 1. The first-order chi connectivity index (χ1) is 15.1. The predicted octanol–water partition coefficient (Wildman–Crippen LogP) is 5.67. The summed E-state index contributed by atoms with van der Waals surface area (Å²) in [4.78, 5) is 20.4. The van der Waals surface area contributed by atoms with Gasteiger partial charge in [-0.15, -0.1) is 0 Å². The summed E-state index contributed by atoms with van der Waals surface area (Å²) in [7, 11) is 0. The summed E-state index contributed by atoms with van der Waals surface area (Å²) in [6.07, 6.45) is 0. The fraction of sp³-hybridized carbons (Fsp3) is 0.231. The van der Waals surface area contributed by atoms with Crippen molar-refractivity contribution in [2.24, 2.45) is 4.99 Å². The van der Waals surface area contributed by atoms with Crippen molar-refractivity contribution >= 4 is 22.8 Å². The van der Waals surface area contributed by atoms with Crippen LogP contribution in [0.5, 0.6) is 11.5 Å². The molecule has 0 fully saturated rings. The Morgan fingerprint density at radius 3 is 2.42 bits per heavy atom. The van der Waals surface area contributed by atoms with Crippen LogP contribution in [0.3, 0.4) is 0 Å². The van der Waals surface area contributed by atoms with E-state index >= 15 is 0 Å². The molecule has 0 aromatic heterocycles. The molecule has 2 heterocycles. The lowest BCUT2D eigenvalue weighted by Crippen LogP contribution is -2.38. The Morgan fingerprint density at radius 2 is 1.71 bits per heavy atom. The molecule has 5 rings (SSSR count). The maximum absolute atomic E-state index is 13.8. The van der Waals surface area contributed by atoms with Crippen molar-refractivity contribution in [1.29, 1.82) is 0 Å². The zero-order valence-corrected chi connectivity index (χ0v) is 18.5. The quantitative estimate of drug-likeness (QED) is 0.540. The van der Waals surface area contributed by atoms with E-state index in [2.05, 4.69) is 37.0 Å². The van der Waals surface area contributed by atoms with E-state index in [1.807, 2.05) is 53.4 Å². The van der Waals surface area contributed by atoms with Gasteiger partial charge in [-0.05, 0) is 37.1 Å². The van der Waals surface area contributed by atoms with Crippen molar-refractivity contribution < 1.29 is 9.53 Å². The molecule has 0 N–H and O–H groups in total. The molecule has 0 bridgehead atoms. The third kappa shape index (κ3) is 3.74. The van der Waals surface area contributed by atoms with Crippen molar-refractivity contribution in [1.82, 2.24) is 4.90 Å². The highest BCUT2D eigenvalue weighted by atomic mass is 32.2. The van der Waals surface area contributed by atoms with Crippen LogP contribution in [-0.2, 0) is 10.5 Å². The first-order valence-corrected chi connectivity index (χ1v) is 11.5. The van der Waals surface area contributed by atoms with Crippen LogP contribution >= 0.6 is 11.8 Å². The number of amides is 1. The van der Waals surface area contributed by atoms with Gasteiger partial charge in [-0.2, -0.15) is 0 Å². The Bertz CT molecular complexity index is 1140. The summed E-state index contributed by atoms with van der Waals surface area (Å²) in [5, 5.41) is 0.812. The number of fused-ring (bicyclic) bond motifs is 2. The average Bonchev–Trinajstić information content (AvgIpc) is 3.26. The standard InChI is InChI=1S/C26H24N2O2S/c1-17-11-12-18(2)19(15-17)16-31-26-27-13-14-28(26)25(29)24-20-7-3-5-9-22(20)30-23-10-6-4-8-21(23)24/h3-12,15,24H,13-14,16H2,1-2H3. The third-order valence-corrected chi connectivity index (χ3v) is 6.92. The van der Waals surface area contributed by atoms with Crippen LogP contribution in [0, 0.1) is 13.8 Å². The Morgan fingerprint density at radius 1 is 1.03 bits per heavy atom. The van der Waals surface area contributed by atoms with Crippen LogP contribution < -0.4 is 4.74 Å². The number of hydrogen-bond acceptors (Lipinski definition) is 4. The van der Waals surface area contributed by atoms with Crippen molar-refractivity contribution in [2.45, 2.75) is 25.5 Å². The molecule has 0 radical (unpaired) electrons. The molecule has 1 amide bonds. The lowest BCUT2D eigenvalue weighted by atomic mass is 9.87. The van der Waals surface area contributed by atoms with Crippen LogP contribution in [0.2, 0.25) is 0 Å². The van der Waals surface area contributed by atoms with Gasteiger partial charge in [0.25, 0.3) is 0 Å². The number of rotatable bonds is 3. The molecule has 0 unspecified atom stereocenters. The molecular formula is C26H24N2O2S. The summed E-state index contributed by atoms with van der Waals surface area (Å²) >= 11 is 1.65. The number of ether oxygens (including phenoxy) is 1. The minimum atomic E-state index is -0.384. The van der Waals surface area contributed by atoms with Gasteiger partial charge in [0.1, 0.15) is 11.5 Å².